The van der Waals surface area contributed by atoms with Crippen molar-refractivity contribution in [2.45, 2.75) is 18.4 Å². The van der Waals surface area contributed by atoms with Crippen molar-refractivity contribution in [2.24, 2.45) is 0 Å². The number of carbonyl (C=O) groups excluding carboxylic acids is 1. The third-order valence-corrected chi connectivity index (χ3v) is 6.45. The number of hydrogen-bond acceptors (Lipinski definition) is 6. The lowest BCUT2D eigenvalue weighted by Crippen LogP contribution is -2.22. The minimum atomic E-state index is -3.29. The van der Waals surface area contributed by atoms with Crippen LogP contribution in [0.1, 0.15) is 5.69 Å². The average Bonchev–Trinajstić information content (AvgIpc) is 3.00. The zero-order valence-corrected chi connectivity index (χ0v) is 20.1. The second-order valence-electron chi connectivity index (χ2n) is 7.81. The van der Waals surface area contributed by atoms with Crippen LogP contribution in [0.4, 0.5) is 0 Å². The summed E-state index contributed by atoms with van der Waals surface area (Å²) in [4.78, 5) is 14.5. The minimum absolute atomic E-state index is 0.0471. The maximum Gasteiger partial charge on any atom is 0.327 e. The summed E-state index contributed by atoms with van der Waals surface area (Å²) in [5.74, 6) is -0.388. The standard InChI is InChI=1S/C23H26ClN3O4S/c1-16-22(24)23(27(25-16)15-21(28)31-13-12-26(2)3)18-10-8-17(9-11-18)19-6-5-7-20(14-19)32(4,29)30/h5-11,14H,12-13,15H2,1-4H3. The van der Waals surface area contributed by atoms with E-state index in [1.165, 1.54) is 6.26 Å². The Morgan fingerprint density at radius 3 is 2.38 bits per heavy atom. The molecule has 0 saturated heterocycles. The third-order valence-electron chi connectivity index (χ3n) is 4.89. The molecule has 0 radical (unpaired) electrons. The number of nitrogens with zero attached hydrogens (tertiary/aromatic N) is 3. The Morgan fingerprint density at radius 1 is 1.09 bits per heavy atom. The predicted octanol–water partition coefficient (Wildman–Crippen LogP) is 3.69. The lowest BCUT2D eigenvalue weighted by atomic mass is 10.0. The number of sulfone groups is 1. The Bertz CT molecular complexity index is 1220. The first kappa shape index (κ1) is 24.0. The smallest absolute Gasteiger partial charge is 0.327 e. The molecule has 9 heteroatoms. The average molecular weight is 476 g/mol. The molecule has 0 spiro atoms. The molecule has 7 nitrogen and oxygen atoms in total. The van der Waals surface area contributed by atoms with Crippen molar-refractivity contribution >= 4 is 27.4 Å². The van der Waals surface area contributed by atoms with Gasteiger partial charge in [0.05, 0.1) is 21.3 Å². The van der Waals surface area contributed by atoms with Crippen molar-refractivity contribution in [1.29, 1.82) is 0 Å². The Labute approximate surface area is 193 Å². The van der Waals surface area contributed by atoms with E-state index in [4.69, 9.17) is 16.3 Å². The molecule has 0 aliphatic carbocycles. The summed E-state index contributed by atoms with van der Waals surface area (Å²) in [6, 6.07) is 14.3. The van der Waals surface area contributed by atoms with Gasteiger partial charge in [0, 0.05) is 18.4 Å². The van der Waals surface area contributed by atoms with Crippen LogP contribution in [0.15, 0.2) is 53.4 Å². The van der Waals surface area contributed by atoms with E-state index in [1.807, 2.05) is 49.3 Å². The van der Waals surface area contributed by atoms with Crippen molar-refractivity contribution in [3.05, 3.63) is 59.2 Å². The van der Waals surface area contributed by atoms with Gasteiger partial charge in [-0.1, -0.05) is 48.0 Å². The molecule has 0 aliphatic rings. The van der Waals surface area contributed by atoms with Gasteiger partial charge in [0.25, 0.3) is 0 Å². The van der Waals surface area contributed by atoms with E-state index in [9.17, 15) is 13.2 Å². The Morgan fingerprint density at radius 2 is 1.75 bits per heavy atom. The SMILES string of the molecule is Cc1nn(CC(=O)OCCN(C)C)c(-c2ccc(-c3cccc(S(C)(=O)=O)c3)cc2)c1Cl. The van der Waals surface area contributed by atoms with Crippen LogP contribution in [0.5, 0.6) is 0 Å². The summed E-state index contributed by atoms with van der Waals surface area (Å²) in [5.41, 5.74) is 3.69. The van der Waals surface area contributed by atoms with Gasteiger partial charge in [-0.25, -0.2) is 8.42 Å². The second-order valence-corrected chi connectivity index (χ2v) is 10.2. The van der Waals surface area contributed by atoms with Gasteiger partial charge in [0.1, 0.15) is 13.2 Å². The van der Waals surface area contributed by atoms with E-state index in [0.29, 0.717) is 29.6 Å². The fourth-order valence-corrected chi connectivity index (χ4v) is 4.10. The molecule has 0 saturated carbocycles. The first-order valence-corrected chi connectivity index (χ1v) is 12.3. The Kier molecular flexibility index (Phi) is 7.38. The van der Waals surface area contributed by atoms with Crippen LogP contribution in [0.3, 0.4) is 0 Å². The lowest BCUT2D eigenvalue weighted by Gasteiger charge is -2.12. The van der Waals surface area contributed by atoms with Gasteiger partial charge in [-0.2, -0.15) is 5.10 Å². The third kappa shape index (κ3) is 5.76. The van der Waals surface area contributed by atoms with Gasteiger partial charge in [-0.3, -0.25) is 9.48 Å². The van der Waals surface area contributed by atoms with Crippen LogP contribution in [0.2, 0.25) is 5.02 Å². The lowest BCUT2D eigenvalue weighted by molar-refractivity contribution is -0.144. The van der Waals surface area contributed by atoms with Crippen molar-refractivity contribution in [3.8, 4) is 22.4 Å². The van der Waals surface area contributed by atoms with Crippen molar-refractivity contribution in [1.82, 2.24) is 14.7 Å². The number of benzene rings is 2. The molecule has 0 aliphatic heterocycles. The van der Waals surface area contributed by atoms with E-state index in [2.05, 4.69) is 5.10 Å². The fourth-order valence-electron chi connectivity index (χ4n) is 3.19. The van der Waals surface area contributed by atoms with Gasteiger partial charge in [0.2, 0.25) is 0 Å². The van der Waals surface area contributed by atoms with Crippen LogP contribution in [-0.2, 0) is 25.9 Å². The zero-order valence-electron chi connectivity index (χ0n) is 18.5. The molecule has 1 aromatic heterocycles. The highest BCUT2D eigenvalue weighted by atomic mass is 35.5. The molecule has 3 aromatic rings. The summed E-state index contributed by atoms with van der Waals surface area (Å²) in [6.45, 7) is 2.68. The molecule has 0 atom stereocenters. The Balaban J connectivity index is 1.86. The molecule has 1 heterocycles. The molecule has 0 bridgehead atoms. The number of aryl methyl sites for hydroxylation is 1. The van der Waals surface area contributed by atoms with Crippen molar-refractivity contribution in [2.75, 3.05) is 33.5 Å². The number of esters is 1. The molecule has 2 aromatic carbocycles. The maximum atomic E-state index is 12.3. The fraction of sp³-hybridized carbons (Fsp3) is 0.304. The minimum Gasteiger partial charge on any atom is -0.463 e. The molecule has 32 heavy (non-hydrogen) atoms. The van der Waals surface area contributed by atoms with E-state index in [0.717, 1.165) is 16.7 Å². The van der Waals surface area contributed by atoms with Crippen LogP contribution in [-0.4, -0.2) is 62.6 Å². The maximum absolute atomic E-state index is 12.3. The van der Waals surface area contributed by atoms with Crippen LogP contribution < -0.4 is 0 Å². The van der Waals surface area contributed by atoms with Gasteiger partial charge in [0.15, 0.2) is 9.84 Å². The van der Waals surface area contributed by atoms with Gasteiger partial charge < -0.3 is 9.64 Å². The zero-order chi connectivity index (χ0) is 23.5. The second kappa shape index (κ2) is 9.85. The summed E-state index contributed by atoms with van der Waals surface area (Å²) in [7, 11) is 0.521. The van der Waals surface area contributed by atoms with Crippen LogP contribution >= 0.6 is 11.6 Å². The summed E-state index contributed by atoms with van der Waals surface area (Å²) >= 11 is 6.50. The number of carbonyl (C=O) groups is 1. The molecule has 3 rings (SSSR count). The van der Waals surface area contributed by atoms with Crippen molar-refractivity contribution in [3.63, 3.8) is 0 Å². The van der Waals surface area contributed by atoms with E-state index < -0.39 is 9.84 Å². The topological polar surface area (TPSA) is 81.5 Å². The highest BCUT2D eigenvalue weighted by Crippen LogP contribution is 2.32. The van der Waals surface area contributed by atoms with Gasteiger partial charge >= 0.3 is 5.97 Å². The van der Waals surface area contributed by atoms with Crippen LogP contribution in [0, 0.1) is 6.92 Å². The first-order chi connectivity index (χ1) is 15.1. The highest BCUT2D eigenvalue weighted by molar-refractivity contribution is 7.90. The predicted molar refractivity (Wildman–Crippen MR) is 125 cm³/mol. The number of hydrogen-bond donors (Lipinski definition) is 0. The number of aromatic nitrogens is 2. The first-order valence-electron chi connectivity index (χ1n) is 10.0. The molecule has 0 amide bonds. The normalized spacial score (nSPS) is 11.7. The van der Waals surface area contributed by atoms with E-state index in [1.54, 1.807) is 29.8 Å². The molecular weight excluding hydrogens is 450 g/mol. The van der Waals surface area contributed by atoms with Crippen molar-refractivity contribution < 1.29 is 17.9 Å². The summed E-state index contributed by atoms with van der Waals surface area (Å²) in [6.07, 6.45) is 1.19. The van der Waals surface area contributed by atoms with Gasteiger partial charge in [-0.05, 0) is 44.3 Å². The largest absolute Gasteiger partial charge is 0.463 e. The number of ether oxygens (including phenoxy) is 1. The summed E-state index contributed by atoms with van der Waals surface area (Å²) in [5, 5.41) is 4.87. The molecule has 0 N–H and O–H groups in total. The number of halogens is 1. The van der Waals surface area contributed by atoms with Crippen LogP contribution in [0.25, 0.3) is 22.4 Å². The molecular formula is C23H26ClN3O4S. The summed E-state index contributed by atoms with van der Waals surface area (Å²) < 4.78 is 30.5. The number of likely N-dealkylation sites (N-methyl/N-ethyl adjacent to an activating group) is 1. The van der Waals surface area contributed by atoms with E-state index in [-0.39, 0.29) is 17.4 Å². The quantitative estimate of drug-likeness (QED) is 0.462. The van der Waals surface area contributed by atoms with E-state index >= 15 is 0 Å². The molecule has 170 valence electrons. The monoisotopic (exact) mass is 475 g/mol. The number of rotatable bonds is 8. The molecule has 0 fully saturated rings. The highest BCUT2D eigenvalue weighted by Gasteiger charge is 2.18. The molecule has 0 unspecified atom stereocenters. The Hall–Kier alpha value is -2.68. The van der Waals surface area contributed by atoms with Gasteiger partial charge in [-0.15, -0.1) is 0 Å².